The molecular formula is C12H18N2O4. The predicted molar refractivity (Wildman–Crippen MR) is 62.7 cm³/mol. The molecule has 100 valence electrons. The molecule has 1 amide bonds. The van der Waals surface area contributed by atoms with Crippen molar-refractivity contribution in [2.24, 2.45) is 5.92 Å². The van der Waals surface area contributed by atoms with Gasteiger partial charge in [-0.2, -0.15) is 5.26 Å². The first-order valence-corrected chi connectivity index (χ1v) is 5.80. The van der Waals surface area contributed by atoms with E-state index in [9.17, 15) is 9.59 Å². The van der Waals surface area contributed by atoms with Crippen LogP contribution in [0.2, 0.25) is 0 Å². The number of nitrogens with zero attached hydrogens (tertiary/aromatic N) is 1. The maximum absolute atomic E-state index is 11.6. The monoisotopic (exact) mass is 254 g/mol. The lowest BCUT2D eigenvalue weighted by atomic mass is 9.67. The van der Waals surface area contributed by atoms with Gasteiger partial charge in [0, 0.05) is 6.42 Å². The number of carboxylic acid groups (broad SMARTS) is 1. The number of rotatable bonds is 3. The largest absolute Gasteiger partial charge is 0.480 e. The Morgan fingerprint density at radius 3 is 2.44 bits per heavy atom. The van der Waals surface area contributed by atoms with Gasteiger partial charge in [0.1, 0.15) is 11.1 Å². The van der Waals surface area contributed by atoms with Crippen LogP contribution < -0.4 is 5.32 Å². The molecule has 0 spiro atoms. The minimum absolute atomic E-state index is 0.0287. The number of hydrogen-bond donors (Lipinski definition) is 2. The second kappa shape index (κ2) is 4.84. The number of carbonyl (C=O) groups is 2. The molecule has 6 nitrogen and oxygen atoms in total. The van der Waals surface area contributed by atoms with Crippen molar-refractivity contribution in [3.63, 3.8) is 0 Å². The van der Waals surface area contributed by atoms with Crippen molar-refractivity contribution in [2.45, 2.75) is 51.2 Å². The molecule has 1 saturated carbocycles. The van der Waals surface area contributed by atoms with Crippen LogP contribution in [0.4, 0.5) is 4.79 Å². The van der Waals surface area contributed by atoms with E-state index in [1.165, 1.54) is 0 Å². The van der Waals surface area contributed by atoms with E-state index in [2.05, 4.69) is 5.32 Å². The second-order valence-electron chi connectivity index (χ2n) is 5.65. The highest BCUT2D eigenvalue weighted by atomic mass is 16.6. The zero-order chi connectivity index (χ0) is 14.0. The van der Waals surface area contributed by atoms with Crippen LogP contribution in [0.5, 0.6) is 0 Å². The fourth-order valence-corrected chi connectivity index (χ4v) is 2.03. The van der Waals surface area contributed by atoms with Gasteiger partial charge < -0.3 is 15.2 Å². The van der Waals surface area contributed by atoms with E-state index in [4.69, 9.17) is 15.1 Å². The summed E-state index contributed by atoms with van der Waals surface area (Å²) in [4.78, 5) is 22.8. The molecule has 2 N–H and O–H groups in total. The number of aliphatic carboxylic acids is 1. The van der Waals surface area contributed by atoms with Crippen molar-refractivity contribution >= 4 is 12.1 Å². The smallest absolute Gasteiger partial charge is 0.408 e. The van der Waals surface area contributed by atoms with E-state index in [-0.39, 0.29) is 18.8 Å². The van der Waals surface area contributed by atoms with Crippen LogP contribution in [-0.4, -0.2) is 28.3 Å². The van der Waals surface area contributed by atoms with E-state index < -0.39 is 23.2 Å². The first kappa shape index (κ1) is 14.3. The molecule has 6 heteroatoms. The fourth-order valence-electron chi connectivity index (χ4n) is 2.03. The lowest BCUT2D eigenvalue weighted by Gasteiger charge is -2.43. The van der Waals surface area contributed by atoms with Gasteiger partial charge in [-0.1, -0.05) is 0 Å². The van der Waals surface area contributed by atoms with E-state index in [1.807, 2.05) is 6.07 Å². The predicted octanol–water partition coefficient (Wildman–Crippen LogP) is 1.66. The average Bonchev–Trinajstić information content (AvgIpc) is 2.10. The zero-order valence-corrected chi connectivity index (χ0v) is 10.8. The van der Waals surface area contributed by atoms with Gasteiger partial charge in [-0.05, 0) is 39.5 Å². The number of ether oxygens (including phenoxy) is 1. The highest BCUT2D eigenvalue weighted by Crippen LogP contribution is 2.40. The molecule has 0 aliphatic heterocycles. The molecule has 1 fully saturated rings. The number of carbonyl (C=O) groups excluding carboxylic acids is 1. The zero-order valence-electron chi connectivity index (χ0n) is 10.8. The Morgan fingerprint density at radius 2 is 2.06 bits per heavy atom. The Labute approximate surface area is 106 Å². The number of hydrogen-bond acceptors (Lipinski definition) is 4. The minimum Gasteiger partial charge on any atom is -0.480 e. The Morgan fingerprint density at radius 1 is 1.50 bits per heavy atom. The molecule has 1 aliphatic carbocycles. The Hall–Kier alpha value is -1.77. The van der Waals surface area contributed by atoms with Crippen molar-refractivity contribution in [2.75, 3.05) is 0 Å². The van der Waals surface area contributed by atoms with E-state index in [0.29, 0.717) is 6.42 Å². The van der Waals surface area contributed by atoms with E-state index in [1.54, 1.807) is 20.8 Å². The molecule has 0 radical (unpaired) electrons. The summed E-state index contributed by atoms with van der Waals surface area (Å²) in [6, 6.07) is 2.00. The van der Waals surface area contributed by atoms with Crippen LogP contribution in [0.25, 0.3) is 0 Å². The van der Waals surface area contributed by atoms with Gasteiger partial charge >= 0.3 is 12.1 Å². The van der Waals surface area contributed by atoms with E-state index in [0.717, 1.165) is 0 Å². The molecule has 0 aromatic heterocycles. The number of nitrogens with one attached hydrogen (secondary N) is 1. The SMILES string of the molecule is CC(C)(C)OC(=O)N[C@]1(C(=O)O)C[C@H](CC#N)C1. The maximum Gasteiger partial charge on any atom is 0.408 e. The van der Waals surface area contributed by atoms with Crippen LogP contribution in [0, 0.1) is 17.2 Å². The summed E-state index contributed by atoms with van der Waals surface area (Å²) >= 11 is 0. The summed E-state index contributed by atoms with van der Waals surface area (Å²) < 4.78 is 5.04. The number of amides is 1. The van der Waals surface area contributed by atoms with Gasteiger partial charge in [0.25, 0.3) is 0 Å². The van der Waals surface area contributed by atoms with Crippen molar-refractivity contribution in [3.05, 3.63) is 0 Å². The van der Waals surface area contributed by atoms with Crippen LogP contribution in [0.3, 0.4) is 0 Å². The Balaban J connectivity index is 2.60. The summed E-state index contributed by atoms with van der Waals surface area (Å²) in [7, 11) is 0. The third kappa shape index (κ3) is 3.36. The second-order valence-corrected chi connectivity index (χ2v) is 5.65. The van der Waals surface area contributed by atoms with Crippen molar-refractivity contribution in [3.8, 4) is 6.07 Å². The molecule has 0 bridgehead atoms. The van der Waals surface area contributed by atoms with Crippen molar-refractivity contribution in [1.29, 1.82) is 5.26 Å². The topological polar surface area (TPSA) is 99.4 Å². The summed E-state index contributed by atoms with van der Waals surface area (Å²) in [5, 5.41) is 20.1. The number of nitriles is 1. The molecule has 0 saturated heterocycles. The minimum atomic E-state index is -1.27. The summed E-state index contributed by atoms with van der Waals surface area (Å²) in [5.41, 5.74) is -1.94. The van der Waals surface area contributed by atoms with E-state index >= 15 is 0 Å². The number of carboxylic acids is 1. The molecule has 0 aromatic rings. The van der Waals surface area contributed by atoms with Gasteiger partial charge in [-0.25, -0.2) is 9.59 Å². The lowest BCUT2D eigenvalue weighted by Crippen LogP contribution is -2.62. The molecule has 0 atom stereocenters. The van der Waals surface area contributed by atoms with Crippen LogP contribution in [-0.2, 0) is 9.53 Å². The van der Waals surface area contributed by atoms with Crippen LogP contribution in [0.15, 0.2) is 0 Å². The standard InChI is InChI=1S/C12H18N2O4/c1-11(2,3)18-10(17)14-12(9(15)16)6-8(7-12)4-5-13/h8H,4,6-7H2,1-3H3,(H,14,17)(H,15,16)/t8-,12+. The third-order valence-electron chi connectivity index (χ3n) is 2.80. The molecule has 1 aliphatic rings. The van der Waals surface area contributed by atoms with Gasteiger partial charge in [0.05, 0.1) is 6.07 Å². The Kier molecular flexibility index (Phi) is 3.85. The van der Waals surface area contributed by atoms with Crippen LogP contribution >= 0.6 is 0 Å². The van der Waals surface area contributed by atoms with Gasteiger partial charge in [0.2, 0.25) is 0 Å². The molecule has 0 heterocycles. The number of alkyl carbamates (subject to hydrolysis) is 1. The highest BCUT2D eigenvalue weighted by molar-refractivity contribution is 5.85. The summed E-state index contributed by atoms with van der Waals surface area (Å²) in [5.74, 6) is -1.05. The fraction of sp³-hybridized carbons (Fsp3) is 0.750. The van der Waals surface area contributed by atoms with Gasteiger partial charge in [0.15, 0.2) is 0 Å². The van der Waals surface area contributed by atoms with Crippen molar-refractivity contribution < 1.29 is 19.4 Å². The Bertz CT molecular complexity index is 386. The normalized spacial score (nSPS) is 26.7. The summed E-state index contributed by atoms with van der Waals surface area (Å²) in [6.45, 7) is 5.12. The third-order valence-corrected chi connectivity index (χ3v) is 2.80. The molecule has 0 unspecified atom stereocenters. The molecule has 18 heavy (non-hydrogen) atoms. The molecule has 0 aromatic carbocycles. The average molecular weight is 254 g/mol. The van der Waals surface area contributed by atoms with Crippen molar-refractivity contribution in [1.82, 2.24) is 5.32 Å². The first-order valence-electron chi connectivity index (χ1n) is 5.80. The maximum atomic E-state index is 11.6. The molecule has 1 rings (SSSR count). The van der Waals surface area contributed by atoms with Gasteiger partial charge in [-0.15, -0.1) is 0 Å². The summed E-state index contributed by atoms with van der Waals surface area (Å²) in [6.07, 6.45) is 0.121. The first-order chi connectivity index (χ1) is 8.18. The quantitative estimate of drug-likeness (QED) is 0.797. The highest BCUT2D eigenvalue weighted by Gasteiger charge is 2.52. The van der Waals surface area contributed by atoms with Gasteiger partial charge in [-0.3, -0.25) is 0 Å². The molecular weight excluding hydrogens is 236 g/mol. The lowest BCUT2D eigenvalue weighted by molar-refractivity contribution is -0.151. The van der Waals surface area contributed by atoms with Crippen LogP contribution in [0.1, 0.15) is 40.0 Å².